The van der Waals surface area contributed by atoms with Gasteiger partial charge in [-0.25, -0.2) is 0 Å². The normalized spacial score (nSPS) is 12.4. The minimum atomic E-state index is 0.196. The van der Waals surface area contributed by atoms with E-state index in [1.54, 1.807) is 0 Å². The molecule has 1 atom stereocenters. The molecule has 0 bridgehead atoms. The van der Waals surface area contributed by atoms with Crippen LogP contribution in [0.2, 0.25) is 0 Å². The van der Waals surface area contributed by atoms with E-state index < -0.39 is 0 Å². The van der Waals surface area contributed by atoms with Gasteiger partial charge in [-0.1, -0.05) is 35.0 Å². The van der Waals surface area contributed by atoms with Crippen LogP contribution in [0.15, 0.2) is 41.1 Å². The van der Waals surface area contributed by atoms with Gasteiger partial charge < -0.3 is 5.32 Å². The van der Waals surface area contributed by atoms with Crippen molar-refractivity contribution in [2.75, 3.05) is 6.54 Å². The van der Waals surface area contributed by atoms with Crippen LogP contribution < -0.4 is 5.32 Å². The van der Waals surface area contributed by atoms with Gasteiger partial charge in [-0.05, 0) is 61.2 Å². The maximum atomic E-state index is 4.30. The maximum Gasteiger partial charge on any atom is 0.0597 e. The van der Waals surface area contributed by atoms with E-state index in [0.717, 1.165) is 17.4 Å². The first-order valence-electron chi connectivity index (χ1n) is 7.04. The molecule has 1 unspecified atom stereocenters. The van der Waals surface area contributed by atoms with Gasteiger partial charge in [-0.3, -0.25) is 4.98 Å². The van der Waals surface area contributed by atoms with Crippen molar-refractivity contribution >= 4 is 15.9 Å². The molecule has 1 aromatic carbocycles. The number of nitrogens with one attached hydrogen (secondary N) is 1. The van der Waals surface area contributed by atoms with Gasteiger partial charge in [-0.2, -0.15) is 0 Å². The second kappa shape index (κ2) is 7.00. The summed E-state index contributed by atoms with van der Waals surface area (Å²) in [5.41, 5.74) is 5.11. The summed E-state index contributed by atoms with van der Waals surface area (Å²) in [6.07, 6.45) is 4.94. The van der Waals surface area contributed by atoms with E-state index >= 15 is 0 Å². The third kappa shape index (κ3) is 3.28. The molecule has 20 heavy (non-hydrogen) atoms. The van der Waals surface area contributed by atoms with Crippen LogP contribution in [0.3, 0.4) is 0 Å². The average molecular weight is 333 g/mol. The number of rotatable bonds is 5. The zero-order valence-corrected chi connectivity index (χ0v) is 13.9. The Bertz CT molecular complexity index is 581. The molecule has 2 aromatic rings. The van der Waals surface area contributed by atoms with Gasteiger partial charge in [0, 0.05) is 16.9 Å². The van der Waals surface area contributed by atoms with Crippen molar-refractivity contribution in [3.05, 3.63) is 63.4 Å². The molecule has 1 aromatic heterocycles. The summed E-state index contributed by atoms with van der Waals surface area (Å²) in [6.45, 7) is 7.48. The van der Waals surface area contributed by atoms with Crippen LogP contribution >= 0.6 is 15.9 Å². The first kappa shape index (κ1) is 15.2. The third-order valence-electron chi connectivity index (χ3n) is 3.61. The quantitative estimate of drug-likeness (QED) is 0.868. The van der Waals surface area contributed by atoms with E-state index in [0.29, 0.717) is 0 Å². The van der Waals surface area contributed by atoms with Crippen molar-refractivity contribution in [1.82, 2.24) is 10.3 Å². The second-order valence-corrected chi connectivity index (χ2v) is 5.93. The molecule has 0 aliphatic rings. The Labute approximate surface area is 129 Å². The number of halogens is 1. The molecule has 0 saturated heterocycles. The topological polar surface area (TPSA) is 24.9 Å². The lowest BCUT2D eigenvalue weighted by Crippen LogP contribution is -2.24. The van der Waals surface area contributed by atoms with Crippen LogP contribution in [0.25, 0.3) is 0 Å². The lowest BCUT2D eigenvalue weighted by Gasteiger charge is -2.23. The highest BCUT2D eigenvalue weighted by atomic mass is 79.9. The molecule has 3 heteroatoms. The Hall–Kier alpha value is -1.19. The van der Waals surface area contributed by atoms with Crippen molar-refractivity contribution < 1.29 is 0 Å². The van der Waals surface area contributed by atoms with E-state index in [2.05, 4.69) is 71.3 Å². The Balaban J connectivity index is 2.47. The third-order valence-corrected chi connectivity index (χ3v) is 4.47. The van der Waals surface area contributed by atoms with Crippen LogP contribution in [0.1, 0.15) is 41.6 Å². The summed E-state index contributed by atoms with van der Waals surface area (Å²) < 4.78 is 1.15. The Morgan fingerprint density at radius 1 is 1.20 bits per heavy atom. The lowest BCUT2D eigenvalue weighted by molar-refractivity contribution is 0.592. The summed E-state index contributed by atoms with van der Waals surface area (Å²) in [5.74, 6) is 0. The number of nitrogens with zero attached hydrogens (tertiary/aromatic N) is 1. The van der Waals surface area contributed by atoms with Crippen LogP contribution in [-0.4, -0.2) is 11.5 Å². The fourth-order valence-electron chi connectivity index (χ4n) is 2.39. The second-order valence-electron chi connectivity index (χ2n) is 5.07. The van der Waals surface area contributed by atoms with Crippen molar-refractivity contribution in [2.24, 2.45) is 0 Å². The first-order chi connectivity index (χ1) is 9.65. The molecular weight excluding hydrogens is 312 g/mol. The van der Waals surface area contributed by atoms with Crippen molar-refractivity contribution in [3.8, 4) is 0 Å². The highest BCUT2D eigenvalue weighted by Gasteiger charge is 2.18. The molecule has 1 N–H and O–H groups in total. The summed E-state index contributed by atoms with van der Waals surface area (Å²) in [6, 6.07) is 8.65. The first-order valence-corrected chi connectivity index (χ1v) is 7.83. The summed E-state index contributed by atoms with van der Waals surface area (Å²) >= 11 is 3.63. The van der Waals surface area contributed by atoms with E-state index in [1.165, 1.54) is 22.3 Å². The van der Waals surface area contributed by atoms with Gasteiger partial charge in [-0.15, -0.1) is 0 Å². The monoisotopic (exact) mass is 332 g/mol. The zero-order valence-electron chi connectivity index (χ0n) is 12.3. The van der Waals surface area contributed by atoms with Crippen molar-refractivity contribution in [3.63, 3.8) is 0 Å². The number of pyridine rings is 1. The molecule has 0 fully saturated rings. The largest absolute Gasteiger partial charge is 0.306 e. The lowest BCUT2D eigenvalue weighted by atomic mass is 9.93. The molecule has 0 amide bonds. The SMILES string of the molecule is CCCNC(c1cnccc1C)c1cccc(Br)c1C. The number of aryl methyl sites for hydroxylation is 1. The highest BCUT2D eigenvalue weighted by molar-refractivity contribution is 9.10. The van der Waals surface area contributed by atoms with Crippen LogP contribution in [0.5, 0.6) is 0 Å². The van der Waals surface area contributed by atoms with E-state index in [1.807, 2.05) is 12.4 Å². The van der Waals surface area contributed by atoms with Gasteiger partial charge in [0.15, 0.2) is 0 Å². The predicted molar refractivity (Wildman–Crippen MR) is 88.0 cm³/mol. The van der Waals surface area contributed by atoms with E-state index in [9.17, 15) is 0 Å². The number of aromatic nitrogens is 1. The molecule has 106 valence electrons. The highest BCUT2D eigenvalue weighted by Crippen LogP contribution is 2.30. The molecule has 0 aliphatic heterocycles. The Morgan fingerprint density at radius 3 is 2.70 bits per heavy atom. The van der Waals surface area contributed by atoms with Gasteiger partial charge >= 0.3 is 0 Å². The molecule has 2 rings (SSSR count). The number of hydrogen-bond acceptors (Lipinski definition) is 2. The average Bonchev–Trinajstić information content (AvgIpc) is 2.45. The number of benzene rings is 1. The summed E-state index contributed by atoms with van der Waals surface area (Å²) in [4.78, 5) is 4.30. The van der Waals surface area contributed by atoms with Crippen LogP contribution in [0.4, 0.5) is 0 Å². The molecule has 0 radical (unpaired) electrons. The molecule has 2 nitrogen and oxygen atoms in total. The number of hydrogen-bond donors (Lipinski definition) is 1. The van der Waals surface area contributed by atoms with E-state index in [4.69, 9.17) is 0 Å². The van der Waals surface area contributed by atoms with Gasteiger partial charge in [0.25, 0.3) is 0 Å². The van der Waals surface area contributed by atoms with Crippen LogP contribution in [-0.2, 0) is 0 Å². The molecule has 0 saturated carbocycles. The minimum Gasteiger partial charge on any atom is -0.306 e. The molecule has 0 aliphatic carbocycles. The van der Waals surface area contributed by atoms with Gasteiger partial charge in [0.2, 0.25) is 0 Å². The van der Waals surface area contributed by atoms with Gasteiger partial charge in [0.1, 0.15) is 0 Å². The standard InChI is InChI=1S/C17H21BrN2/c1-4-9-20-17(15-11-19-10-8-12(15)2)14-6-5-7-16(18)13(14)3/h5-8,10-11,17,20H,4,9H2,1-3H3. The molecular formula is C17H21BrN2. The predicted octanol–water partition coefficient (Wildman–Crippen LogP) is 4.55. The minimum absolute atomic E-state index is 0.196. The zero-order chi connectivity index (χ0) is 14.5. The Morgan fingerprint density at radius 2 is 2.00 bits per heavy atom. The summed E-state index contributed by atoms with van der Waals surface area (Å²) in [5, 5.41) is 3.65. The van der Waals surface area contributed by atoms with Crippen molar-refractivity contribution in [1.29, 1.82) is 0 Å². The Kier molecular flexibility index (Phi) is 5.32. The van der Waals surface area contributed by atoms with Crippen LogP contribution in [0, 0.1) is 13.8 Å². The van der Waals surface area contributed by atoms with Gasteiger partial charge in [0.05, 0.1) is 6.04 Å². The fourth-order valence-corrected chi connectivity index (χ4v) is 2.77. The molecule has 1 heterocycles. The van der Waals surface area contributed by atoms with E-state index in [-0.39, 0.29) is 6.04 Å². The summed E-state index contributed by atoms with van der Waals surface area (Å²) in [7, 11) is 0. The maximum absolute atomic E-state index is 4.30. The smallest absolute Gasteiger partial charge is 0.0597 e. The van der Waals surface area contributed by atoms with Crippen molar-refractivity contribution in [2.45, 2.75) is 33.2 Å². The fraction of sp³-hybridized carbons (Fsp3) is 0.353. The molecule has 0 spiro atoms.